The molecule has 0 spiro atoms. The molecule has 3 atom stereocenters. The monoisotopic (exact) mass is 268 g/mol. The molecular weight excluding hydrogens is 248 g/mol. The molecule has 0 radical (unpaired) electrons. The highest BCUT2D eigenvalue weighted by Crippen LogP contribution is 2.48. The SMILES string of the molecule is COC(=O)C1=C[C@H](C)C[C@@H]2C1=CC[C@H]2c1ccccc1. The molecule has 2 heteroatoms. The van der Waals surface area contributed by atoms with E-state index in [9.17, 15) is 4.79 Å². The van der Waals surface area contributed by atoms with Crippen LogP contribution in [-0.4, -0.2) is 13.1 Å². The van der Waals surface area contributed by atoms with E-state index in [1.54, 1.807) is 0 Å². The summed E-state index contributed by atoms with van der Waals surface area (Å²) in [5, 5.41) is 0. The molecule has 2 aliphatic carbocycles. The third-order valence-electron chi connectivity index (χ3n) is 4.50. The number of allylic oxidation sites excluding steroid dienone is 2. The molecule has 2 nitrogen and oxygen atoms in total. The van der Waals surface area contributed by atoms with Crippen LogP contribution in [0.15, 0.2) is 53.6 Å². The maximum atomic E-state index is 12.0. The Balaban J connectivity index is 1.92. The van der Waals surface area contributed by atoms with Crippen LogP contribution in [0.25, 0.3) is 0 Å². The van der Waals surface area contributed by atoms with E-state index in [0.29, 0.717) is 17.8 Å². The van der Waals surface area contributed by atoms with Crippen LogP contribution in [0.3, 0.4) is 0 Å². The zero-order chi connectivity index (χ0) is 14.1. The Kier molecular flexibility index (Phi) is 3.47. The number of carbonyl (C=O) groups excluding carboxylic acids is 1. The number of carbonyl (C=O) groups is 1. The minimum absolute atomic E-state index is 0.193. The van der Waals surface area contributed by atoms with Gasteiger partial charge in [0, 0.05) is 0 Å². The van der Waals surface area contributed by atoms with Crippen molar-refractivity contribution in [2.75, 3.05) is 7.11 Å². The van der Waals surface area contributed by atoms with Gasteiger partial charge in [0.25, 0.3) is 0 Å². The molecule has 0 saturated heterocycles. The van der Waals surface area contributed by atoms with Gasteiger partial charge in [-0.1, -0.05) is 49.4 Å². The highest BCUT2D eigenvalue weighted by atomic mass is 16.5. The minimum Gasteiger partial charge on any atom is -0.465 e. The number of esters is 1. The highest BCUT2D eigenvalue weighted by molar-refractivity contribution is 5.94. The molecule has 0 amide bonds. The van der Waals surface area contributed by atoms with Gasteiger partial charge in [0.05, 0.1) is 12.7 Å². The first-order valence-electron chi connectivity index (χ1n) is 7.26. The summed E-state index contributed by atoms with van der Waals surface area (Å²) < 4.78 is 4.94. The lowest BCUT2D eigenvalue weighted by Gasteiger charge is -2.30. The third-order valence-corrected chi connectivity index (χ3v) is 4.50. The lowest BCUT2D eigenvalue weighted by atomic mass is 9.74. The fourth-order valence-corrected chi connectivity index (χ4v) is 3.60. The summed E-state index contributed by atoms with van der Waals surface area (Å²) in [5.41, 5.74) is 3.36. The van der Waals surface area contributed by atoms with E-state index >= 15 is 0 Å². The molecule has 0 aliphatic heterocycles. The fourth-order valence-electron chi connectivity index (χ4n) is 3.60. The van der Waals surface area contributed by atoms with Crippen LogP contribution in [0, 0.1) is 11.8 Å². The summed E-state index contributed by atoms with van der Waals surface area (Å²) in [6.45, 7) is 2.18. The van der Waals surface area contributed by atoms with Gasteiger partial charge in [0.2, 0.25) is 0 Å². The van der Waals surface area contributed by atoms with Crippen LogP contribution in [0.4, 0.5) is 0 Å². The molecule has 104 valence electrons. The molecule has 20 heavy (non-hydrogen) atoms. The summed E-state index contributed by atoms with van der Waals surface area (Å²) in [7, 11) is 1.46. The van der Waals surface area contributed by atoms with Crippen LogP contribution in [0.2, 0.25) is 0 Å². The van der Waals surface area contributed by atoms with Gasteiger partial charge in [-0.25, -0.2) is 4.79 Å². The molecule has 0 bridgehead atoms. The van der Waals surface area contributed by atoms with Crippen LogP contribution < -0.4 is 0 Å². The largest absolute Gasteiger partial charge is 0.465 e. The Morgan fingerprint density at radius 3 is 2.65 bits per heavy atom. The van der Waals surface area contributed by atoms with Crippen LogP contribution in [-0.2, 0) is 9.53 Å². The number of benzene rings is 1. The zero-order valence-corrected chi connectivity index (χ0v) is 12.0. The number of rotatable bonds is 2. The molecular formula is C18H20O2. The Hall–Kier alpha value is -1.83. The molecule has 0 heterocycles. The molecule has 0 unspecified atom stereocenters. The standard InChI is InChI=1S/C18H20O2/c1-12-10-16-14(13-6-4-3-5-7-13)8-9-15(16)17(11-12)18(19)20-2/h3-7,9,11-12,14,16H,8,10H2,1-2H3/t12-,14+,16+/m1/s1. The van der Waals surface area contributed by atoms with Crippen molar-refractivity contribution >= 4 is 5.97 Å². The van der Waals surface area contributed by atoms with E-state index in [0.717, 1.165) is 18.4 Å². The van der Waals surface area contributed by atoms with Crippen LogP contribution in [0.1, 0.15) is 31.2 Å². The zero-order valence-electron chi connectivity index (χ0n) is 12.0. The van der Waals surface area contributed by atoms with E-state index in [2.05, 4.69) is 49.4 Å². The Labute approximate surface area is 120 Å². The normalized spacial score (nSPS) is 28.4. The second-order valence-corrected chi connectivity index (χ2v) is 5.80. The molecule has 0 aromatic heterocycles. The van der Waals surface area contributed by atoms with Crippen LogP contribution >= 0.6 is 0 Å². The summed E-state index contributed by atoms with van der Waals surface area (Å²) in [6, 6.07) is 10.6. The minimum atomic E-state index is -0.193. The number of fused-ring (bicyclic) bond motifs is 1. The van der Waals surface area contributed by atoms with E-state index in [-0.39, 0.29) is 5.97 Å². The first-order chi connectivity index (χ1) is 9.70. The summed E-state index contributed by atoms with van der Waals surface area (Å²) >= 11 is 0. The highest BCUT2D eigenvalue weighted by Gasteiger charge is 2.38. The van der Waals surface area contributed by atoms with Gasteiger partial charge in [-0.3, -0.25) is 0 Å². The van der Waals surface area contributed by atoms with Crippen LogP contribution in [0.5, 0.6) is 0 Å². The first kappa shape index (κ1) is 13.2. The van der Waals surface area contributed by atoms with E-state index in [1.165, 1.54) is 18.2 Å². The van der Waals surface area contributed by atoms with Crippen molar-refractivity contribution in [1.29, 1.82) is 0 Å². The molecule has 0 saturated carbocycles. The molecule has 0 fully saturated rings. The topological polar surface area (TPSA) is 26.3 Å². The van der Waals surface area contributed by atoms with Crippen molar-refractivity contribution in [3.8, 4) is 0 Å². The van der Waals surface area contributed by atoms with Crippen molar-refractivity contribution < 1.29 is 9.53 Å². The number of methoxy groups -OCH3 is 1. The number of ether oxygens (including phenoxy) is 1. The Morgan fingerprint density at radius 1 is 1.20 bits per heavy atom. The molecule has 2 aliphatic rings. The van der Waals surface area contributed by atoms with Crippen molar-refractivity contribution in [3.63, 3.8) is 0 Å². The quantitative estimate of drug-likeness (QED) is 0.761. The summed E-state index contributed by atoms with van der Waals surface area (Å²) in [6.07, 6.45) is 6.44. The molecule has 3 rings (SSSR count). The predicted octanol–water partition coefficient (Wildman–Crippen LogP) is 3.86. The predicted molar refractivity (Wildman–Crippen MR) is 79.3 cm³/mol. The van der Waals surface area contributed by atoms with E-state index in [4.69, 9.17) is 4.74 Å². The van der Waals surface area contributed by atoms with E-state index in [1.807, 2.05) is 0 Å². The van der Waals surface area contributed by atoms with E-state index < -0.39 is 0 Å². The number of hydrogen-bond acceptors (Lipinski definition) is 2. The lowest BCUT2D eigenvalue weighted by molar-refractivity contribution is -0.136. The first-order valence-corrected chi connectivity index (χ1v) is 7.26. The van der Waals surface area contributed by atoms with Crippen molar-refractivity contribution in [1.82, 2.24) is 0 Å². The maximum Gasteiger partial charge on any atom is 0.337 e. The van der Waals surface area contributed by atoms with Gasteiger partial charge in [0.1, 0.15) is 0 Å². The third kappa shape index (κ3) is 2.20. The molecule has 0 N–H and O–H groups in total. The van der Waals surface area contributed by atoms with Gasteiger partial charge < -0.3 is 4.74 Å². The summed E-state index contributed by atoms with van der Waals surface area (Å²) in [5.74, 6) is 1.19. The maximum absolute atomic E-state index is 12.0. The van der Waals surface area contributed by atoms with Gasteiger partial charge >= 0.3 is 5.97 Å². The Morgan fingerprint density at radius 2 is 1.95 bits per heavy atom. The summed E-state index contributed by atoms with van der Waals surface area (Å²) in [4.78, 5) is 12.0. The number of hydrogen-bond donors (Lipinski definition) is 0. The van der Waals surface area contributed by atoms with Gasteiger partial charge in [0.15, 0.2) is 0 Å². The fraction of sp³-hybridized carbons (Fsp3) is 0.389. The second kappa shape index (κ2) is 5.28. The average Bonchev–Trinajstić information content (AvgIpc) is 2.90. The van der Waals surface area contributed by atoms with Gasteiger partial charge in [-0.05, 0) is 41.7 Å². The van der Waals surface area contributed by atoms with Crippen molar-refractivity contribution in [2.24, 2.45) is 11.8 Å². The van der Waals surface area contributed by atoms with Crippen molar-refractivity contribution in [2.45, 2.75) is 25.7 Å². The molecule has 1 aromatic carbocycles. The molecule has 1 aromatic rings. The van der Waals surface area contributed by atoms with Crippen molar-refractivity contribution in [3.05, 3.63) is 59.2 Å². The lowest BCUT2D eigenvalue weighted by Crippen LogP contribution is -2.22. The average molecular weight is 268 g/mol. The van der Waals surface area contributed by atoms with Gasteiger partial charge in [-0.15, -0.1) is 0 Å². The second-order valence-electron chi connectivity index (χ2n) is 5.80. The Bertz CT molecular complexity index is 568. The van der Waals surface area contributed by atoms with Gasteiger partial charge in [-0.2, -0.15) is 0 Å². The smallest absolute Gasteiger partial charge is 0.337 e.